The van der Waals surface area contributed by atoms with Gasteiger partial charge in [-0.1, -0.05) is 43.2 Å². The summed E-state index contributed by atoms with van der Waals surface area (Å²) in [5.74, 6) is 0. The largest absolute Gasteiger partial charge is 0.324 e. The minimum Gasteiger partial charge on any atom is -0.324 e. The van der Waals surface area contributed by atoms with Crippen molar-refractivity contribution in [2.24, 2.45) is 5.73 Å². The van der Waals surface area contributed by atoms with E-state index < -0.39 is 0 Å². The van der Waals surface area contributed by atoms with Gasteiger partial charge in [0.05, 0.1) is 0 Å². The Balaban J connectivity index is 2.55. The van der Waals surface area contributed by atoms with Crippen LogP contribution in [0.2, 0.25) is 0 Å². The summed E-state index contributed by atoms with van der Waals surface area (Å²) in [6.45, 7) is 12.3. The average molecular weight is 262 g/mol. The molecule has 108 valence electrons. The molecule has 0 aliphatic heterocycles. The lowest BCUT2D eigenvalue weighted by molar-refractivity contribution is 0.264. The van der Waals surface area contributed by atoms with E-state index in [9.17, 15) is 0 Å². The molecule has 19 heavy (non-hydrogen) atoms. The van der Waals surface area contributed by atoms with Gasteiger partial charge in [0.15, 0.2) is 0 Å². The number of aryl methyl sites for hydroxylation is 2. The smallest absolute Gasteiger partial charge is 0.0307 e. The first-order valence-electron chi connectivity index (χ1n) is 7.63. The number of hydrogen-bond donors (Lipinski definition) is 1. The Morgan fingerprint density at radius 2 is 1.47 bits per heavy atom. The molecule has 0 fully saturated rings. The van der Waals surface area contributed by atoms with Crippen molar-refractivity contribution >= 4 is 0 Å². The number of hydrogen-bond acceptors (Lipinski definition) is 2. The third-order valence-electron chi connectivity index (χ3n) is 3.51. The van der Waals surface area contributed by atoms with E-state index >= 15 is 0 Å². The van der Waals surface area contributed by atoms with Gasteiger partial charge < -0.3 is 10.6 Å². The number of benzene rings is 1. The Kier molecular flexibility index (Phi) is 7.11. The third kappa shape index (κ3) is 5.75. The molecular weight excluding hydrogens is 232 g/mol. The highest BCUT2D eigenvalue weighted by Crippen LogP contribution is 2.18. The van der Waals surface area contributed by atoms with Gasteiger partial charge in [-0.25, -0.2) is 0 Å². The maximum atomic E-state index is 6.35. The standard InChI is InChI=1S/C17H30N2/c1-5-8-19(9-6-2)10-7-17(18)16-12-14(3)11-15(4)13-16/h11-13,17H,5-10,18H2,1-4H3. The molecule has 2 N–H and O–H groups in total. The van der Waals surface area contributed by atoms with Crippen LogP contribution in [0.1, 0.15) is 55.8 Å². The van der Waals surface area contributed by atoms with Crippen LogP contribution in [0.4, 0.5) is 0 Å². The van der Waals surface area contributed by atoms with Crippen LogP contribution in [0.5, 0.6) is 0 Å². The first-order valence-corrected chi connectivity index (χ1v) is 7.63. The van der Waals surface area contributed by atoms with Gasteiger partial charge in [-0.2, -0.15) is 0 Å². The van der Waals surface area contributed by atoms with Gasteiger partial charge in [0, 0.05) is 6.04 Å². The fraction of sp³-hybridized carbons (Fsp3) is 0.647. The van der Waals surface area contributed by atoms with Crippen molar-refractivity contribution in [2.45, 2.75) is 53.0 Å². The first-order chi connectivity index (χ1) is 9.06. The van der Waals surface area contributed by atoms with Gasteiger partial charge >= 0.3 is 0 Å². The molecule has 0 saturated heterocycles. The lowest BCUT2D eigenvalue weighted by Crippen LogP contribution is -2.29. The summed E-state index contributed by atoms with van der Waals surface area (Å²) in [6.07, 6.45) is 3.49. The van der Waals surface area contributed by atoms with Gasteiger partial charge in [-0.15, -0.1) is 0 Å². The number of nitrogens with two attached hydrogens (primary N) is 1. The fourth-order valence-corrected chi connectivity index (χ4v) is 2.68. The minimum absolute atomic E-state index is 0.162. The normalized spacial score (nSPS) is 12.9. The highest BCUT2D eigenvalue weighted by atomic mass is 15.1. The Morgan fingerprint density at radius 3 is 1.95 bits per heavy atom. The Morgan fingerprint density at radius 1 is 0.947 bits per heavy atom. The van der Waals surface area contributed by atoms with Gasteiger partial charge in [-0.3, -0.25) is 0 Å². The van der Waals surface area contributed by atoms with Crippen molar-refractivity contribution in [1.29, 1.82) is 0 Å². The molecule has 2 nitrogen and oxygen atoms in total. The molecule has 0 heterocycles. The lowest BCUT2D eigenvalue weighted by atomic mass is 9.99. The van der Waals surface area contributed by atoms with E-state index in [0.717, 1.165) is 13.0 Å². The molecule has 0 bridgehead atoms. The maximum Gasteiger partial charge on any atom is 0.0307 e. The predicted octanol–water partition coefficient (Wildman–Crippen LogP) is 3.82. The van der Waals surface area contributed by atoms with Gasteiger partial charge in [0.25, 0.3) is 0 Å². The van der Waals surface area contributed by atoms with Crippen LogP contribution in [0.25, 0.3) is 0 Å². The number of rotatable bonds is 8. The second-order valence-electron chi connectivity index (χ2n) is 5.66. The first kappa shape index (κ1) is 16.2. The van der Waals surface area contributed by atoms with E-state index in [1.54, 1.807) is 0 Å². The van der Waals surface area contributed by atoms with Crippen LogP contribution in [-0.4, -0.2) is 24.5 Å². The molecule has 1 unspecified atom stereocenters. The van der Waals surface area contributed by atoms with E-state index in [2.05, 4.69) is 50.8 Å². The fourth-order valence-electron chi connectivity index (χ4n) is 2.68. The van der Waals surface area contributed by atoms with E-state index in [4.69, 9.17) is 5.73 Å². The van der Waals surface area contributed by atoms with Crippen molar-refractivity contribution in [3.05, 3.63) is 34.9 Å². The highest BCUT2D eigenvalue weighted by molar-refractivity contribution is 5.30. The summed E-state index contributed by atoms with van der Waals surface area (Å²) in [5, 5.41) is 0. The molecule has 0 aliphatic rings. The minimum atomic E-state index is 0.162. The summed E-state index contributed by atoms with van der Waals surface area (Å²) in [4.78, 5) is 2.53. The van der Waals surface area contributed by atoms with Crippen LogP contribution >= 0.6 is 0 Å². The second kappa shape index (κ2) is 8.34. The van der Waals surface area contributed by atoms with E-state index in [-0.39, 0.29) is 6.04 Å². The SMILES string of the molecule is CCCN(CCC)CCC(N)c1cc(C)cc(C)c1. The summed E-state index contributed by atoms with van der Waals surface area (Å²) >= 11 is 0. The van der Waals surface area contributed by atoms with Crippen LogP contribution in [0.3, 0.4) is 0 Å². The zero-order valence-electron chi connectivity index (χ0n) is 13.1. The number of nitrogens with zero attached hydrogens (tertiary/aromatic N) is 1. The molecular formula is C17H30N2. The molecule has 0 radical (unpaired) electrons. The predicted molar refractivity (Wildman–Crippen MR) is 84.5 cm³/mol. The quantitative estimate of drug-likeness (QED) is 0.772. The van der Waals surface area contributed by atoms with Crippen LogP contribution < -0.4 is 5.73 Å². The van der Waals surface area contributed by atoms with Crippen molar-refractivity contribution in [2.75, 3.05) is 19.6 Å². The molecule has 0 spiro atoms. The Hall–Kier alpha value is -0.860. The molecule has 1 aromatic carbocycles. The van der Waals surface area contributed by atoms with Crippen LogP contribution in [0, 0.1) is 13.8 Å². The van der Waals surface area contributed by atoms with Crippen molar-refractivity contribution in [3.63, 3.8) is 0 Å². The highest BCUT2D eigenvalue weighted by Gasteiger charge is 2.10. The van der Waals surface area contributed by atoms with Gasteiger partial charge in [-0.05, 0) is 58.3 Å². The zero-order chi connectivity index (χ0) is 14.3. The topological polar surface area (TPSA) is 29.3 Å². The van der Waals surface area contributed by atoms with Crippen LogP contribution in [0.15, 0.2) is 18.2 Å². The monoisotopic (exact) mass is 262 g/mol. The molecule has 1 rings (SSSR count). The third-order valence-corrected chi connectivity index (χ3v) is 3.51. The maximum absolute atomic E-state index is 6.35. The second-order valence-corrected chi connectivity index (χ2v) is 5.66. The van der Waals surface area contributed by atoms with E-state index in [1.807, 2.05) is 0 Å². The van der Waals surface area contributed by atoms with Crippen molar-refractivity contribution < 1.29 is 0 Å². The Labute approximate surface area is 119 Å². The summed E-state index contributed by atoms with van der Waals surface area (Å²) in [7, 11) is 0. The van der Waals surface area contributed by atoms with Crippen molar-refractivity contribution in [3.8, 4) is 0 Å². The van der Waals surface area contributed by atoms with Gasteiger partial charge in [0.2, 0.25) is 0 Å². The summed E-state index contributed by atoms with van der Waals surface area (Å²) in [6, 6.07) is 6.81. The molecule has 1 aromatic rings. The zero-order valence-corrected chi connectivity index (χ0v) is 13.1. The van der Waals surface area contributed by atoms with E-state index in [0.29, 0.717) is 0 Å². The van der Waals surface area contributed by atoms with Crippen LogP contribution in [-0.2, 0) is 0 Å². The molecule has 1 atom stereocenters. The molecule has 0 aliphatic carbocycles. The molecule has 0 aromatic heterocycles. The molecule has 2 heteroatoms. The summed E-state index contributed by atoms with van der Waals surface area (Å²) in [5.41, 5.74) is 10.2. The lowest BCUT2D eigenvalue weighted by Gasteiger charge is -2.23. The molecule has 0 amide bonds. The summed E-state index contributed by atoms with van der Waals surface area (Å²) < 4.78 is 0. The molecule has 0 saturated carbocycles. The average Bonchev–Trinajstić information content (AvgIpc) is 2.35. The van der Waals surface area contributed by atoms with Crippen molar-refractivity contribution in [1.82, 2.24) is 4.90 Å². The van der Waals surface area contributed by atoms with E-state index in [1.165, 1.54) is 42.6 Å². The van der Waals surface area contributed by atoms with Gasteiger partial charge in [0.1, 0.15) is 0 Å². The Bertz CT molecular complexity index is 347.